The first-order chi connectivity index (χ1) is 10.3. The second-order valence-electron chi connectivity index (χ2n) is 6.19. The molecule has 108 valence electrons. The number of nitrogens with zero attached hydrogens (tertiary/aromatic N) is 2. The van der Waals surface area contributed by atoms with E-state index in [9.17, 15) is 4.79 Å². The first-order valence-corrected chi connectivity index (χ1v) is 8.39. The molecule has 3 nitrogen and oxygen atoms in total. The maximum atomic E-state index is 11.3. The highest BCUT2D eigenvalue weighted by Crippen LogP contribution is 2.45. The molecule has 2 aliphatic rings. The number of hydrogen-bond acceptors (Lipinski definition) is 4. The normalized spacial score (nSPS) is 21.2. The Hall–Kier alpha value is -1.68. The molecule has 2 aromatic rings. The number of benzene rings is 1. The summed E-state index contributed by atoms with van der Waals surface area (Å²) >= 11 is 1.55. The highest BCUT2D eigenvalue weighted by Gasteiger charge is 2.32. The second kappa shape index (κ2) is 4.95. The molecule has 21 heavy (non-hydrogen) atoms. The SMILES string of the molecule is CC1Cc2ccccc2N(c2nc(C3CC3)c(C=O)s2)C1. The van der Waals surface area contributed by atoms with Crippen LogP contribution in [0.2, 0.25) is 0 Å². The molecule has 1 aromatic heterocycles. The van der Waals surface area contributed by atoms with E-state index in [0.717, 1.165) is 35.0 Å². The van der Waals surface area contributed by atoms with Crippen molar-refractivity contribution in [2.45, 2.75) is 32.1 Å². The third-order valence-electron chi connectivity index (χ3n) is 4.32. The summed E-state index contributed by atoms with van der Waals surface area (Å²) in [6, 6.07) is 8.55. The third kappa shape index (κ3) is 2.27. The number of hydrogen-bond donors (Lipinski definition) is 0. The third-order valence-corrected chi connectivity index (χ3v) is 5.34. The number of aldehydes is 1. The van der Waals surface area contributed by atoms with E-state index in [0.29, 0.717) is 11.8 Å². The summed E-state index contributed by atoms with van der Waals surface area (Å²) < 4.78 is 0. The summed E-state index contributed by atoms with van der Waals surface area (Å²) in [6.07, 6.45) is 4.45. The molecule has 0 radical (unpaired) electrons. The Bertz CT molecular complexity index is 690. The van der Waals surface area contributed by atoms with Crippen LogP contribution in [0.25, 0.3) is 0 Å². The van der Waals surface area contributed by atoms with Gasteiger partial charge in [0.25, 0.3) is 0 Å². The van der Waals surface area contributed by atoms with Gasteiger partial charge in [-0.1, -0.05) is 36.5 Å². The van der Waals surface area contributed by atoms with Gasteiger partial charge in [-0.2, -0.15) is 0 Å². The van der Waals surface area contributed by atoms with Crippen LogP contribution in [0.4, 0.5) is 10.8 Å². The monoisotopic (exact) mass is 298 g/mol. The van der Waals surface area contributed by atoms with Crippen molar-refractivity contribution in [2.75, 3.05) is 11.4 Å². The predicted molar refractivity (Wildman–Crippen MR) is 85.8 cm³/mol. The minimum atomic E-state index is 0.521. The van der Waals surface area contributed by atoms with Gasteiger partial charge in [0.15, 0.2) is 11.4 Å². The fourth-order valence-electron chi connectivity index (χ4n) is 3.16. The number of aromatic nitrogens is 1. The molecular formula is C17H18N2OS. The molecule has 1 atom stereocenters. The maximum absolute atomic E-state index is 11.3. The molecule has 4 rings (SSSR count). The summed E-state index contributed by atoms with van der Waals surface area (Å²) in [5, 5.41) is 0.984. The molecule has 0 spiro atoms. The lowest BCUT2D eigenvalue weighted by molar-refractivity contribution is 0.112. The molecule has 0 saturated heterocycles. The van der Waals surface area contributed by atoms with Gasteiger partial charge in [0.2, 0.25) is 0 Å². The van der Waals surface area contributed by atoms with Crippen molar-refractivity contribution in [3.63, 3.8) is 0 Å². The number of thiazole rings is 1. The van der Waals surface area contributed by atoms with Gasteiger partial charge in [-0.15, -0.1) is 0 Å². The molecule has 2 heterocycles. The van der Waals surface area contributed by atoms with Gasteiger partial charge in [-0.25, -0.2) is 4.98 Å². The van der Waals surface area contributed by atoms with Crippen molar-refractivity contribution in [3.05, 3.63) is 40.4 Å². The van der Waals surface area contributed by atoms with Crippen LogP contribution in [-0.4, -0.2) is 17.8 Å². The smallest absolute Gasteiger partial charge is 0.190 e. The Morgan fingerprint density at radius 2 is 2.14 bits per heavy atom. The number of carbonyl (C=O) groups is 1. The number of para-hydroxylation sites is 1. The Morgan fingerprint density at radius 1 is 1.33 bits per heavy atom. The zero-order valence-corrected chi connectivity index (χ0v) is 12.9. The van der Waals surface area contributed by atoms with E-state index in [4.69, 9.17) is 4.98 Å². The van der Waals surface area contributed by atoms with E-state index in [1.54, 1.807) is 11.3 Å². The summed E-state index contributed by atoms with van der Waals surface area (Å²) in [5.41, 5.74) is 3.66. The van der Waals surface area contributed by atoms with Crippen molar-refractivity contribution in [1.82, 2.24) is 4.98 Å². The molecule has 1 aromatic carbocycles. The summed E-state index contributed by atoms with van der Waals surface area (Å²) in [6.45, 7) is 3.26. The first-order valence-electron chi connectivity index (χ1n) is 7.57. The average molecular weight is 298 g/mol. The van der Waals surface area contributed by atoms with Gasteiger partial charge in [0.1, 0.15) is 0 Å². The standard InChI is InChI=1S/C17H18N2OS/c1-11-8-13-4-2-3-5-14(13)19(9-11)17-18-16(12-6-7-12)15(10-20)21-17/h2-5,10-12H,6-9H2,1H3. The predicted octanol–water partition coefficient (Wildman–Crippen LogP) is 4.16. The molecule has 1 saturated carbocycles. The molecular weight excluding hydrogens is 280 g/mol. The summed E-state index contributed by atoms with van der Waals surface area (Å²) in [4.78, 5) is 19.3. The van der Waals surface area contributed by atoms with Gasteiger partial charge < -0.3 is 4.90 Å². The number of anilines is 2. The van der Waals surface area contributed by atoms with Gasteiger partial charge >= 0.3 is 0 Å². The van der Waals surface area contributed by atoms with Crippen LogP contribution < -0.4 is 4.90 Å². The quantitative estimate of drug-likeness (QED) is 0.798. The minimum absolute atomic E-state index is 0.521. The van der Waals surface area contributed by atoms with E-state index in [2.05, 4.69) is 36.1 Å². The number of fused-ring (bicyclic) bond motifs is 1. The van der Waals surface area contributed by atoms with E-state index in [1.165, 1.54) is 24.1 Å². The molecule has 0 N–H and O–H groups in total. The molecule has 1 aliphatic heterocycles. The number of rotatable bonds is 3. The molecule has 4 heteroatoms. The lowest BCUT2D eigenvalue weighted by Gasteiger charge is -2.32. The van der Waals surface area contributed by atoms with Gasteiger partial charge in [0.05, 0.1) is 10.6 Å². The Labute approximate surface area is 128 Å². The highest BCUT2D eigenvalue weighted by molar-refractivity contribution is 7.17. The molecule has 0 bridgehead atoms. The Balaban J connectivity index is 1.78. The van der Waals surface area contributed by atoms with Crippen molar-refractivity contribution in [1.29, 1.82) is 0 Å². The first kappa shape index (κ1) is 13.0. The summed E-state index contributed by atoms with van der Waals surface area (Å²) in [5.74, 6) is 1.13. The van der Waals surface area contributed by atoms with Crippen LogP contribution in [-0.2, 0) is 6.42 Å². The van der Waals surface area contributed by atoms with Crippen molar-refractivity contribution in [2.24, 2.45) is 5.92 Å². The Morgan fingerprint density at radius 3 is 2.90 bits per heavy atom. The average Bonchev–Trinajstić information content (AvgIpc) is 3.25. The Kier molecular flexibility index (Phi) is 3.07. The fraction of sp³-hybridized carbons (Fsp3) is 0.412. The summed E-state index contributed by atoms with van der Waals surface area (Å²) in [7, 11) is 0. The number of carbonyl (C=O) groups excluding carboxylic acids is 1. The van der Waals surface area contributed by atoms with Crippen LogP contribution in [0, 0.1) is 5.92 Å². The van der Waals surface area contributed by atoms with Crippen LogP contribution in [0.1, 0.15) is 46.6 Å². The molecule has 0 amide bonds. The van der Waals surface area contributed by atoms with E-state index < -0.39 is 0 Å². The van der Waals surface area contributed by atoms with Crippen LogP contribution in [0.15, 0.2) is 24.3 Å². The lowest BCUT2D eigenvalue weighted by Crippen LogP contribution is -2.30. The van der Waals surface area contributed by atoms with Crippen LogP contribution >= 0.6 is 11.3 Å². The molecule has 1 aliphatic carbocycles. The molecule has 1 fully saturated rings. The fourth-order valence-corrected chi connectivity index (χ4v) is 4.15. The van der Waals surface area contributed by atoms with E-state index in [-0.39, 0.29) is 0 Å². The lowest BCUT2D eigenvalue weighted by atomic mass is 9.94. The second-order valence-corrected chi connectivity index (χ2v) is 7.20. The maximum Gasteiger partial charge on any atom is 0.190 e. The zero-order valence-electron chi connectivity index (χ0n) is 12.1. The highest BCUT2D eigenvalue weighted by atomic mass is 32.1. The van der Waals surface area contributed by atoms with Crippen molar-refractivity contribution in [3.8, 4) is 0 Å². The van der Waals surface area contributed by atoms with E-state index >= 15 is 0 Å². The molecule has 1 unspecified atom stereocenters. The minimum Gasteiger partial charge on any atom is -0.317 e. The van der Waals surface area contributed by atoms with Gasteiger partial charge in [0, 0.05) is 18.2 Å². The topological polar surface area (TPSA) is 33.2 Å². The van der Waals surface area contributed by atoms with Crippen molar-refractivity contribution < 1.29 is 4.79 Å². The zero-order chi connectivity index (χ0) is 14.4. The van der Waals surface area contributed by atoms with Crippen LogP contribution in [0.3, 0.4) is 0 Å². The van der Waals surface area contributed by atoms with Crippen molar-refractivity contribution >= 4 is 28.4 Å². The largest absolute Gasteiger partial charge is 0.317 e. The van der Waals surface area contributed by atoms with E-state index in [1.807, 2.05) is 0 Å². The van der Waals surface area contributed by atoms with Gasteiger partial charge in [-0.05, 0) is 36.8 Å². The van der Waals surface area contributed by atoms with Crippen LogP contribution in [0.5, 0.6) is 0 Å². The van der Waals surface area contributed by atoms with Gasteiger partial charge in [-0.3, -0.25) is 4.79 Å².